The van der Waals surface area contributed by atoms with E-state index in [9.17, 15) is 24.7 Å². The minimum Gasteiger partial charge on any atom is -0.504 e. The third-order valence-electron chi connectivity index (χ3n) is 3.33. The monoisotopic (exact) mass is 349 g/mol. The van der Waals surface area contributed by atoms with Gasteiger partial charge in [0.25, 0.3) is 0 Å². The van der Waals surface area contributed by atoms with Crippen molar-refractivity contribution in [3.05, 3.63) is 57.5 Å². The zero-order valence-electron chi connectivity index (χ0n) is 11.8. The number of hydrogen-bond donors (Lipinski definition) is 3. The summed E-state index contributed by atoms with van der Waals surface area (Å²) in [6.07, 6.45) is 1.01. The fraction of sp³-hybridized carbons (Fsp3) is 0. The number of nitro groups is 1. The van der Waals surface area contributed by atoms with E-state index in [1.165, 1.54) is 18.2 Å². The summed E-state index contributed by atoms with van der Waals surface area (Å²) in [4.78, 5) is 14.5. The first kappa shape index (κ1) is 15.8. The molecule has 122 valence electrons. The molecule has 1 aromatic heterocycles. The van der Waals surface area contributed by atoms with Crippen LogP contribution in [0.15, 0.2) is 36.5 Å². The smallest absolute Gasteiger partial charge is 0.311 e. The number of nitrogens with one attached hydrogen (secondary N) is 1. The van der Waals surface area contributed by atoms with Crippen molar-refractivity contribution in [2.45, 2.75) is 0 Å². The Morgan fingerprint density at radius 3 is 2.58 bits per heavy atom. The summed E-state index contributed by atoms with van der Waals surface area (Å²) in [7, 11) is 0. The molecule has 0 saturated carbocycles. The Balaban J connectivity index is 2.22. The van der Waals surface area contributed by atoms with Gasteiger partial charge >= 0.3 is 5.69 Å². The molecule has 0 fully saturated rings. The Morgan fingerprint density at radius 1 is 1.21 bits per heavy atom. The van der Waals surface area contributed by atoms with E-state index in [2.05, 4.69) is 10.3 Å². The van der Waals surface area contributed by atoms with E-state index in [4.69, 9.17) is 11.6 Å². The van der Waals surface area contributed by atoms with Crippen molar-refractivity contribution in [1.29, 1.82) is 0 Å². The first-order chi connectivity index (χ1) is 11.4. The first-order valence-corrected chi connectivity index (χ1v) is 6.96. The van der Waals surface area contributed by atoms with Crippen LogP contribution in [0.4, 0.5) is 21.5 Å². The SMILES string of the molecule is O=[N+]([O-])c1cnc2cc(O)c(O)cc2c1Nc1ccc(Cl)c(F)c1. The van der Waals surface area contributed by atoms with E-state index < -0.39 is 22.2 Å². The van der Waals surface area contributed by atoms with Gasteiger partial charge in [0.1, 0.15) is 17.7 Å². The van der Waals surface area contributed by atoms with Crippen LogP contribution in [0.25, 0.3) is 10.9 Å². The van der Waals surface area contributed by atoms with E-state index in [-0.39, 0.29) is 33.0 Å². The van der Waals surface area contributed by atoms with E-state index in [0.29, 0.717) is 0 Å². The van der Waals surface area contributed by atoms with E-state index in [1.54, 1.807) is 0 Å². The maximum Gasteiger partial charge on any atom is 0.311 e. The number of benzene rings is 2. The summed E-state index contributed by atoms with van der Waals surface area (Å²) in [5, 5.41) is 33.3. The number of phenolic OH excluding ortho intramolecular Hbond substituents is 2. The van der Waals surface area contributed by atoms with Gasteiger partial charge in [-0.3, -0.25) is 10.1 Å². The third kappa shape index (κ3) is 2.74. The standard InChI is InChI=1S/C15H9ClFN3O4/c16-9-2-1-7(3-10(9)17)19-15-8-4-13(21)14(22)5-11(8)18-6-12(15)20(23)24/h1-6,21-22H,(H,18,19). The molecule has 0 saturated heterocycles. The average molecular weight is 350 g/mol. The molecule has 0 aliphatic carbocycles. The van der Waals surface area contributed by atoms with Gasteiger partial charge in [-0.1, -0.05) is 11.6 Å². The Kier molecular flexibility index (Phi) is 3.82. The molecule has 3 N–H and O–H groups in total. The lowest BCUT2D eigenvalue weighted by atomic mass is 10.1. The van der Waals surface area contributed by atoms with Gasteiger partial charge in [-0.25, -0.2) is 9.37 Å². The number of halogens is 2. The minimum atomic E-state index is -0.692. The number of phenols is 2. The number of rotatable bonds is 3. The van der Waals surface area contributed by atoms with Gasteiger partial charge in [0, 0.05) is 17.1 Å². The highest BCUT2D eigenvalue weighted by Crippen LogP contribution is 2.39. The number of hydrogen-bond acceptors (Lipinski definition) is 6. The lowest BCUT2D eigenvalue weighted by molar-refractivity contribution is -0.384. The highest BCUT2D eigenvalue weighted by molar-refractivity contribution is 6.30. The number of pyridine rings is 1. The summed E-state index contributed by atoms with van der Waals surface area (Å²) in [6, 6.07) is 6.14. The maximum absolute atomic E-state index is 13.6. The Morgan fingerprint density at radius 2 is 1.92 bits per heavy atom. The lowest BCUT2D eigenvalue weighted by Crippen LogP contribution is -2.00. The van der Waals surface area contributed by atoms with Gasteiger partial charge in [-0.15, -0.1) is 0 Å². The van der Waals surface area contributed by atoms with Gasteiger partial charge in [0.15, 0.2) is 11.5 Å². The van der Waals surface area contributed by atoms with Crippen LogP contribution >= 0.6 is 11.6 Å². The number of fused-ring (bicyclic) bond motifs is 1. The minimum absolute atomic E-state index is 0.00187. The van der Waals surface area contributed by atoms with Crippen LogP contribution < -0.4 is 5.32 Å². The molecule has 3 aromatic rings. The van der Waals surface area contributed by atoms with Crippen molar-refractivity contribution in [2.75, 3.05) is 5.32 Å². The van der Waals surface area contributed by atoms with Crippen LogP contribution in [-0.2, 0) is 0 Å². The zero-order chi connectivity index (χ0) is 17.4. The van der Waals surface area contributed by atoms with Crippen LogP contribution in [0.3, 0.4) is 0 Å². The van der Waals surface area contributed by atoms with Crippen molar-refractivity contribution >= 4 is 39.6 Å². The van der Waals surface area contributed by atoms with Crippen LogP contribution in [0.5, 0.6) is 11.5 Å². The summed E-state index contributed by atoms with van der Waals surface area (Å²) in [5.41, 5.74) is 0.0675. The van der Waals surface area contributed by atoms with Crippen LogP contribution in [0.2, 0.25) is 5.02 Å². The molecule has 0 spiro atoms. The maximum atomic E-state index is 13.6. The summed E-state index contributed by atoms with van der Waals surface area (Å²) in [5.74, 6) is -1.56. The summed E-state index contributed by atoms with van der Waals surface area (Å²) in [6.45, 7) is 0. The first-order valence-electron chi connectivity index (χ1n) is 6.58. The van der Waals surface area contributed by atoms with E-state index in [1.807, 2.05) is 0 Å². The quantitative estimate of drug-likeness (QED) is 0.373. The van der Waals surface area contributed by atoms with Crippen molar-refractivity contribution < 1.29 is 19.5 Å². The second-order valence-electron chi connectivity index (χ2n) is 4.89. The molecule has 7 nitrogen and oxygen atoms in total. The zero-order valence-corrected chi connectivity index (χ0v) is 12.6. The van der Waals surface area contributed by atoms with Gasteiger partial charge in [0.2, 0.25) is 0 Å². The number of aromatic nitrogens is 1. The molecular formula is C15H9ClFN3O4. The Hall–Kier alpha value is -3.13. The van der Waals surface area contributed by atoms with Crippen LogP contribution in [0.1, 0.15) is 0 Å². The summed E-state index contributed by atoms with van der Waals surface area (Å²) >= 11 is 5.62. The average Bonchev–Trinajstić information content (AvgIpc) is 2.52. The molecule has 0 aliphatic rings. The lowest BCUT2D eigenvalue weighted by Gasteiger charge is -2.11. The predicted octanol–water partition coefficient (Wildman–Crippen LogP) is 4.09. The Labute approximate surface area is 139 Å². The molecule has 2 aromatic carbocycles. The fourth-order valence-electron chi connectivity index (χ4n) is 2.19. The summed E-state index contributed by atoms with van der Waals surface area (Å²) < 4.78 is 13.6. The molecule has 3 rings (SSSR count). The van der Waals surface area contributed by atoms with Gasteiger partial charge in [0.05, 0.1) is 15.5 Å². The highest BCUT2D eigenvalue weighted by Gasteiger charge is 2.20. The topological polar surface area (TPSA) is 109 Å². The molecule has 0 aliphatic heterocycles. The number of aromatic hydroxyl groups is 2. The predicted molar refractivity (Wildman–Crippen MR) is 86.4 cm³/mol. The molecule has 9 heteroatoms. The van der Waals surface area contributed by atoms with Gasteiger partial charge in [-0.2, -0.15) is 0 Å². The molecule has 0 amide bonds. The Bertz CT molecular complexity index is 981. The molecule has 0 radical (unpaired) electrons. The molecule has 0 atom stereocenters. The molecular weight excluding hydrogens is 341 g/mol. The number of nitrogens with zero attached hydrogens (tertiary/aromatic N) is 2. The number of anilines is 2. The van der Waals surface area contributed by atoms with Crippen molar-refractivity contribution in [3.8, 4) is 11.5 Å². The fourth-order valence-corrected chi connectivity index (χ4v) is 2.31. The van der Waals surface area contributed by atoms with Crippen molar-refractivity contribution in [1.82, 2.24) is 4.98 Å². The second kappa shape index (κ2) is 5.82. The molecule has 0 unspecified atom stereocenters. The normalized spacial score (nSPS) is 10.8. The van der Waals surface area contributed by atoms with Crippen molar-refractivity contribution in [2.24, 2.45) is 0 Å². The largest absolute Gasteiger partial charge is 0.504 e. The van der Waals surface area contributed by atoms with Gasteiger partial charge < -0.3 is 15.5 Å². The highest BCUT2D eigenvalue weighted by atomic mass is 35.5. The van der Waals surface area contributed by atoms with Crippen LogP contribution in [-0.4, -0.2) is 20.1 Å². The van der Waals surface area contributed by atoms with E-state index in [0.717, 1.165) is 18.3 Å². The third-order valence-corrected chi connectivity index (χ3v) is 3.64. The molecule has 24 heavy (non-hydrogen) atoms. The van der Waals surface area contributed by atoms with Crippen molar-refractivity contribution in [3.63, 3.8) is 0 Å². The van der Waals surface area contributed by atoms with E-state index >= 15 is 0 Å². The molecule has 1 heterocycles. The molecule has 0 bridgehead atoms. The van der Waals surface area contributed by atoms with Gasteiger partial charge in [-0.05, 0) is 24.3 Å². The van der Waals surface area contributed by atoms with Crippen LogP contribution in [0, 0.1) is 15.9 Å². The second-order valence-corrected chi connectivity index (χ2v) is 5.29.